The van der Waals surface area contributed by atoms with Crippen molar-refractivity contribution in [3.8, 4) is 0 Å². The van der Waals surface area contributed by atoms with E-state index >= 15 is 0 Å². The molecule has 0 aromatic rings. The Bertz CT molecular complexity index is 61.5. The zero-order chi connectivity index (χ0) is 6.24. The van der Waals surface area contributed by atoms with Gasteiger partial charge in [0.1, 0.15) is 0 Å². The molecule has 0 bridgehead atoms. The van der Waals surface area contributed by atoms with E-state index in [0.29, 0.717) is 0 Å². The zero-order valence-corrected chi connectivity index (χ0v) is 8.48. The quantitative estimate of drug-likeness (QED) is 0.323. The summed E-state index contributed by atoms with van der Waals surface area (Å²) in [4.78, 5) is 0. The van der Waals surface area contributed by atoms with Gasteiger partial charge in [-0.1, -0.05) is 50.7 Å². The van der Waals surface area contributed by atoms with Crippen molar-refractivity contribution in [1.82, 2.24) is 0 Å². The van der Waals surface area contributed by atoms with Gasteiger partial charge in [-0.05, 0) is 17.3 Å². The van der Waals surface area contributed by atoms with Gasteiger partial charge in [-0.2, -0.15) is 0 Å². The topological polar surface area (TPSA) is 0 Å². The lowest BCUT2D eigenvalue weighted by atomic mass is 10.3. The normalized spacial score (nSPS) is 10.8. The smallest absolute Gasteiger partial charge is 0.0212 e. The van der Waals surface area contributed by atoms with Crippen LogP contribution in [0, 0.1) is 0 Å². The van der Waals surface area contributed by atoms with Crippen molar-refractivity contribution >= 4 is 38.5 Å². The highest BCUT2D eigenvalue weighted by Gasteiger charge is 1.76. The van der Waals surface area contributed by atoms with E-state index in [9.17, 15) is 0 Å². The number of rotatable bonds is 4. The molecule has 0 fully saturated rings. The number of halogens is 2. The molecular weight excluding hydrogens is 279 g/mol. The van der Waals surface area contributed by atoms with E-state index in [0.717, 1.165) is 5.33 Å². The van der Waals surface area contributed by atoms with Crippen LogP contribution >= 0.6 is 38.5 Å². The lowest BCUT2D eigenvalue weighted by Gasteiger charge is -1.84. The van der Waals surface area contributed by atoms with Gasteiger partial charge in [0.2, 0.25) is 0 Å². The highest BCUT2D eigenvalue weighted by molar-refractivity contribution is 14.1. The van der Waals surface area contributed by atoms with Crippen molar-refractivity contribution in [2.24, 2.45) is 0 Å². The standard InChI is InChI=1S/C6H10BrI/c7-5-3-1-2-4-6-8/h1,3H,2,4-6H2. The van der Waals surface area contributed by atoms with Gasteiger partial charge in [-0.15, -0.1) is 0 Å². The van der Waals surface area contributed by atoms with Crippen molar-refractivity contribution < 1.29 is 0 Å². The van der Waals surface area contributed by atoms with Crippen LogP contribution in [-0.2, 0) is 0 Å². The summed E-state index contributed by atoms with van der Waals surface area (Å²) in [5, 5.41) is 0.994. The van der Waals surface area contributed by atoms with Crippen LogP contribution in [0.25, 0.3) is 0 Å². The molecule has 48 valence electrons. The Morgan fingerprint density at radius 2 is 2.12 bits per heavy atom. The molecule has 0 N–H and O–H groups in total. The molecule has 0 radical (unpaired) electrons. The minimum absolute atomic E-state index is 0.994. The number of unbranched alkanes of at least 4 members (excludes halogenated alkanes) is 1. The third-order valence-electron chi connectivity index (χ3n) is 0.760. The zero-order valence-electron chi connectivity index (χ0n) is 4.74. The second-order valence-corrected chi connectivity index (χ2v) is 3.18. The number of allylic oxidation sites excluding steroid dienone is 2. The summed E-state index contributed by atoms with van der Waals surface area (Å²) in [6.07, 6.45) is 6.90. The molecule has 0 aliphatic rings. The maximum absolute atomic E-state index is 3.31. The minimum atomic E-state index is 0.994. The van der Waals surface area contributed by atoms with E-state index in [2.05, 4.69) is 50.7 Å². The molecule has 0 atom stereocenters. The third-order valence-corrected chi connectivity index (χ3v) is 1.90. The molecule has 0 aliphatic heterocycles. The highest BCUT2D eigenvalue weighted by Crippen LogP contribution is 1.95. The molecule has 0 aliphatic carbocycles. The minimum Gasteiger partial charge on any atom is -0.0883 e. The largest absolute Gasteiger partial charge is 0.0883 e. The van der Waals surface area contributed by atoms with Crippen LogP contribution in [0.3, 0.4) is 0 Å². The summed E-state index contributed by atoms with van der Waals surface area (Å²) < 4.78 is 1.27. The van der Waals surface area contributed by atoms with E-state index in [1.165, 1.54) is 17.3 Å². The van der Waals surface area contributed by atoms with Crippen molar-refractivity contribution in [2.45, 2.75) is 12.8 Å². The second-order valence-electron chi connectivity index (χ2n) is 1.46. The van der Waals surface area contributed by atoms with Gasteiger partial charge in [-0.3, -0.25) is 0 Å². The van der Waals surface area contributed by atoms with Crippen LogP contribution in [0.5, 0.6) is 0 Å². The van der Waals surface area contributed by atoms with Crippen LogP contribution in [0.1, 0.15) is 12.8 Å². The molecule has 0 heterocycles. The third kappa shape index (κ3) is 6.95. The Morgan fingerprint density at radius 1 is 1.38 bits per heavy atom. The van der Waals surface area contributed by atoms with Gasteiger partial charge in [-0.25, -0.2) is 0 Å². The van der Waals surface area contributed by atoms with Crippen molar-refractivity contribution in [1.29, 1.82) is 0 Å². The van der Waals surface area contributed by atoms with Crippen molar-refractivity contribution in [2.75, 3.05) is 9.76 Å². The number of hydrogen-bond acceptors (Lipinski definition) is 0. The van der Waals surface area contributed by atoms with E-state index < -0.39 is 0 Å². The maximum atomic E-state index is 3.31. The van der Waals surface area contributed by atoms with Crippen molar-refractivity contribution in [3.05, 3.63) is 12.2 Å². The Labute approximate surface area is 73.0 Å². The Kier molecular flexibility index (Phi) is 8.89. The van der Waals surface area contributed by atoms with Crippen molar-refractivity contribution in [3.63, 3.8) is 0 Å². The van der Waals surface area contributed by atoms with Gasteiger partial charge >= 0.3 is 0 Å². The summed E-state index contributed by atoms with van der Waals surface area (Å²) in [6, 6.07) is 0. The van der Waals surface area contributed by atoms with Crippen LogP contribution in [0.4, 0.5) is 0 Å². The lowest BCUT2D eigenvalue weighted by molar-refractivity contribution is 0.985. The maximum Gasteiger partial charge on any atom is 0.0212 e. The van der Waals surface area contributed by atoms with Crippen LogP contribution in [-0.4, -0.2) is 9.76 Å². The molecule has 8 heavy (non-hydrogen) atoms. The van der Waals surface area contributed by atoms with E-state index in [-0.39, 0.29) is 0 Å². The molecule has 2 heteroatoms. The first-order valence-electron chi connectivity index (χ1n) is 2.68. The molecule has 0 aromatic heterocycles. The van der Waals surface area contributed by atoms with Crippen LogP contribution in [0.15, 0.2) is 12.2 Å². The second kappa shape index (κ2) is 7.95. The lowest BCUT2D eigenvalue weighted by Crippen LogP contribution is -1.69. The Hall–Kier alpha value is 0.950. The number of hydrogen-bond donors (Lipinski definition) is 0. The predicted octanol–water partition coefficient (Wildman–Crippen LogP) is 3.15. The predicted molar refractivity (Wildman–Crippen MR) is 51.1 cm³/mol. The van der Waals surface area contributed by atoms with Gasteiger partial charge in [0.15, 0.2) is 0 Å². The van der Waals surface area contributed by atoms with Gasteiger partial charge in [0.25, 0.3) is 0 Å². The Balaban J connectivity index is 2.80. The fraction of sp³-hybridized carbons (Fsp3) is 0.667. The first-order chi connectivity index (χ1) is 3.91. The van der Waals surface area contributed by atoms with Crippen LogP contribution < -0.4 is 0 Å². The average molecular weight is 289 g/mol. The van der Waals surface area contributed by atoms with Gasteiger partial charge in [0.05, 0.1) is 0 Å². The van der Waals surface area contributed by atoms with E-state index in [1.54, 1.807) is 0 Å². The molecule has 0 aromatic carbocycles. The molecule has 0 unspecified atom stereocenters. The summed E-state index contributed by atoms with van der Waals surface area (Å²) in [7, 11) is 0. The highest BCUT2D eigenvalue weighted by atomic mass is 127. The van der Waals surface area contributed by atoms with E-state index in [1.807, 2.05) is 0 Å². The van der Waals surface area contributed by atoms with Gasteiger partial charge in [0, 0.05) is 5.33 Å². The molecule has 0 amide bonds. The Morgan fingerprint density at radius 3 is 2.62 bits per heavy atom. The summed E-state index contributed by atoms with van der Waals surface area (Å²) in [6.45, 7) is 0. The average Bonchev–Trinajstić information content (AvgIpc) is 1.81. The fourth-order valence-electron chi connectivity index (χ4n) is 0.376. The first kappa shape index (κ1) is 8.95. The summed E-state index contributed by atoms with van der Waals surface area (Å²) in [5.41, 5.74) is 0. The molecule has 0 rings (SSSR count). The van der Waals surface area contributed by atoms with E-state index in [4.69, 9.17) is 0 Å². The SMILES string of the molecule is BrCC=CCCCI. The molecule has 0 saturated heterocycles. The molecule has 0 saturated carbocycles. The summed E-state index contributed by atoms with van der Waals surface area (Å²) >= 11 is 5.71. The monoisotopic (exact) mass is 288 g/mol. The molecule has 0 nitrogen and oxygen atoms in total. The number of alkyl halides is 2. The summed E-state index contributed by atoms with van der Waals surface area (Å²) in [5.74, 6) is 0. The van der Waals surface area contributed by atoms with Crippen LogP contribution in [0.2, 0.25) is 0 Å². The molecular formula is C6H10BrI. The fourth-order valence-corrected chi connectivity index (χ4v) is 1.08. The molecule has 0 spiro atoms. The first-order valence-corrected chi connectivity index (χ1v) is 5.33. The van der Waals surface area contributed by atoms with Gasteiger partial charge < -0.3 is 0 Å².